The van der Waals surface area contributed by atoms with Crippen LogP contribution in [0.2, 0.25) is 5.02 Å². The van der Waals surface area contributed by atoms with Crippen LogP contribution in [0.15, 0.2) is 48.5 Å². The van der Waals surface area contributed by atoms with Crippen LogP contribution in [-0.4, -0.2) is 25.7 Å². The Morgan fingerprint density at radius 3 is 2.44 bits per heavy atom. The molecule has 2 aromatic rings. The average molecular weight is 409 g/mol. The molecule has 6 heteroatoms. The fourth-order valence-electron chi connectivity index (χ4n) is 3.50. The molecule has 0 unspecified atom stereocenters. The predicted octanol–water partition coefficient (Wildman–Crippen LogP) is 4.14. The third-order valence-corrected chi connectivity index (χ3v) is 5.46. The molecular weight excluding hydrogens is 383 g/mol. The lowest BCUT2D eigenvalue weighted by Gasteiger charge is -2.38. The molecule has 4 nitrogen and oxygen atoms in total. The van der Waals surface area contributed by atoms with Gasteiger partial charge in [-0.1, -0.05) is 41.9 Å². The number of halogens is 2. The highest BCUT2D eigenvalue weighted by Gasteiger charge is 2.34. The average Bonchev–Trinajstić information content (AvgIpc) is 2.67. The maximum atomic E-state index is 12.4. The number of nitrogens with one attached hydrogen (secondary N) is 1. The van der Waals surface area contributed by atoms with Gasteiger partial charge in [0.2, 0.25) is 5.91 Å². The summed E-state index contributed by atoms with van der Waals surface area (Å²) in [6.07, 6.45) is 2.86. The van der Waals surface area contributed by atoms with Crippen molar-refractivity contribution in [3.05, 3.63) is 64.7 Å². The Balaban J connectivity index is 0.00000261. The number of anilines is 1. The molecule has 0 saturated carbocycles. The summed E-state index contributed by atoms with van der Waals surface area (Å²) in [5.74, 6) is 0.0492. The van der Waals surface area contributed by atoms with Crippen molar-refractivity contribution in [2.75, 3.05) is 25.5 Å². The number of para-hydroxylation sites is 1. The first-order chi connectivity index (χ1) is 12.6. The molecule has 0 aromatic heterocycles. The molecule has 1 aliphatic heterocycles. The second-order valence-electron chi connectivity index (χ2n) is 6.88. The van der Waals surface area contributed by atoms with E-state index >= 15 is 0 Å². The van der Waals surface area contributed by atoms with E-state index in [1.165, 1.54) is 5.56 Å². The Bertz CT molecular complexity index is 744. The summed E-state index contributed by atoms with van der Waals surface area (Å²) >= 11 is 6.03. The molecule has 0 atom stereocenters. The van der Waals surface area contributed by atoms with E-state index in [1.54, 1.807) is 0 Å². The quantitative estimate of drug-likeness (QED) is 0.705. The van der Waals surface area contributed by atoms with Gasteiger partial charge in [-0.25, -0.2) is 0 Å². The normalized spacial score (nSPS) is 15.6. The Morgan fingerprint density at radius 2 is 1.78 bits per heavy atom. The van der Waals surface area contributed by atoms with Crippen molar-refractivity contribution < 1.29 is 9.53 Å². The molecule has 3 rings (SSSR count). The standard InChI is InChI=1S/C21H25ClN2O2.ClH/c22-18-8-6-17(7-9-18)21(11-13-26-14-12-21)15-24-20(25)10-5-16-3-1-2-4-19(16)23;/h1-4,6-9H,5,10-15,23H2,(H,24,25);1H. The summed E-state index contributed by atoms with van der Waals surface area (Å²) in [6.45, 7) is 2.03. The summed E-state index contributed by atoms with van der Waals surface area (Å²) in [7, 11) is 0. The van der Waals surface area contributed by atoms with E-state index in [2.05, 4.69) is 17.4 Å². The second-order valence-corrected chi connectivity index (χ2v) is 7.31. The molecule has 27 heavy (non-hydrogen) atoms. The first kappa shape index (κ1) is 21.5. The van der Waals surface area contributed by atoms with Crippen LogP contribution in [0.25, 0.3) is 0 Å². The highest BCUT2D eigenvalue weighted by molar-refractivity contribution is 6.30. The lowest BCUT2D eigenvalue weighted by Crippen LogP contribution is -2.44. The van der Waals surface area contributed by atoms with Crippen LogP contribution in [0.1, 0.15) is 30.4 Å². The van der Waals surface area contributed by atoms with Crippen molar-refractivity contribution in [3.63, 3.8) is 0 Å². The van der Waals surface area contributed by atoms with Crippen molar-refractivity contribution in [2.45, 2.75) is 31.1 Å². The summed E-state index contributed by atoms with van der Waals surface area (Å²) in [5.41, 5.74) is 8.82. The Labute approximate surface area is 171 Å². The summed E-state index contributed by atoms with van der Waals surface area (Å²) in [6, 6.07) is 15.6. The van der Waals surface area contributed by atoms with Crippen LogP contribution in [-0.2, 0) is 21.4 Å². The maximum absolute atomic E-state index is 12.4. The van der Waals surface area contributed by atoms with E-state index in [9.17, 15) is 4.79 Å². The van der Waals surface area contributed by atoms with Crippen LogP contribution < -0.4 is 11.1 Å². The number of carbonyl (C=O) groups is 1. The second kappa shape index (κ2) is 9.98. The zero-order valence-corrected chi connectivity index (χ0v) is 16.8. The van der Waals surface area contributed by atoms with Gasteiger partial charge in [-0.05, 0) is 48.6 Å². The van der Waals surface area contributed by atoms with Gasteiger partial charge in [-0.2, -0.15) is 0 Å². The molecule has 0 spiro atoms. The number of benzene rings is 2. The smallest absolute Gasteiger partial charge is 0.220 e. The number of nitrogens with two attached hydrogens (primary N) is 1. The molecule has 0 aliphatic carbocycles. The van der Waals surface area contributed by atoms with E-state index in [1.807, 2.05) is 36.4 Å². The molecule has 1 amide bonds. The van der Waals surface area contributed by atoms with Crippen molar-refractivity contribution in [1.29, 1.82) is 0 Å². The number of aryl methyl sites for hydroxylation is 1. The number of hydrogen-bond donors (Lipinski definition) is 2. The van der Waals surface area contributed by atoms with Gasteiger partial charge in [0.1, 0.15) is 0 Å². The Kier molecular flexibility index (Phi) is 7.96. The zero-order valence-electron chi connectivity index (χ0n) is 15.2. The third kappa shape index (κ3) is 5.61. The zero-order chi connectivity index (χ0) is 18.4. The first-order valence-electron chi connectivity index (χ1n) is 9.03. The fraction of sp³-hybridized carbons (Fsp3) is 0.381. The van der Waals surface area contributed by atoms with Crippen LogP contribution in [0.5, 0.6) is 0 Å². The molecule has 0 bridgehead atoms. The number of hydrogen-bond acceptors (Lipinski definition) is 3. The number of rotatable bonds is 6. The minimum atomic E-state index is -0.0930. The first-order valence-corrected chi connectivity index (χ1v) is 9.41. The summed E-state index contributed by atoms with van der Waals surface area (Å²) < 4.78 is 5.54. The Hall–Kier alpha value is -1.75. The largest absolute Gasteiger partial charge is 0.399 e. The highest BCUT2D eigenvalue weighted by atomic mass is 35.5. The molecule has 1 heterocycles. The fourth-order valence-corrected chi connectivity index (χ4v) is 3.63. The molecule has 0 radical (unpaired) electrons. The van der Waals surface area contributed by atoms with Gasteiger partial charge in [-0.15, -0.1) is 12.4 Å². The van der Waals surface area contributed by atoms with Crippen LogP contribution in [0.4, 0.5) is 5.69 Å². The Morgan fingerprint density at radius 1 is 1.11 bits per heavy atom. The number of nitrogen functional groups attached to an aromatic ring is 1. The molecule has 146 valence electrons. The molecular formula is C21H26Cl2N2O2. The maximum Gasteiger partial charge on any atom is 0.220 e. The van der Waals surface area contributed by atoms with Gasteiger partial charge >= 0.3 is 0 Å². The number of ether oxygens (including phenoxy) is 1. The van der Waals surface area contributed by atoms with Gasteiger partial charge < -0.3 is 15.8 Å². The van der Waals surface area contributed by atoms with E-state index in [0.29, 0.717) is 32.6 Å². The van der Waals surface area contributed by atoms with Crippen molar-refractivity contribution in [2.24, 2.45) is 0 Å². The predicted molar refractivity (Wildman–Crippen MR) is 113 cm³/mol. The van der Waals surface area contributed by atoms with E-state index in [4.69, 9.17) is 22.1 Å². The van der Waals surface area contributed by atoms with Gasteiger partial charge in [0.05, 0.1) is 0 Å². The van der Waals surface area contributed by atoms with Gasteiger partial charge in [0.25, 0.3) is 0 Å². The van der Waals surface area contributed by atoms with Gasteiger partial charge in [0, 0.05) is 42.3 Å². The molecule has 1 saturated heterocycles. The van der Waals surface area contributed by atoms with Crippen LogP contribution in [0.3, 0.4) is 0 Å². The summed E-state index contributed by atoms with van der Waals surface area (Å²) in [4.78, 5) is 12.4. The van der Waals surface area contributed by atoms with Crippen LogP contribution >= 0.6 is 24.0 Å². The van der Waals surface area contributed by atoms with Gasteiger partial charge in [0.15, 0.2) is 0 Å². The van der Waals surface area contributed by atoms with Crippen molar-refractivity contribution >= 4 is 35.6 Å². The minimum absolute atomic E-state index is 0. The summed E-state index contributed by atoms with van der Waals surface area (Å²) in [5, 5.41) is 3.85. The number of amides is 1. The SMILES string of the molecule is Cl.Nc1ccccc1CCC(=O)NCC1(c2ccc(Cl)cc2)CCOCC1. The number of carbonyl (C=O) groups excluding carboxylic acids is 1. The van der Waals surface area contributed by atoms with E-state index < -0.39 is 0 Å². The minimum Gasteiger partial charge on any atom is -0.399 e. The lowest BCUT2D eigenvalue weighted by atomic mass is 9.74. The van der Waals surface area contributed by atoms with Crippen LogP contribution in [0, 0.1) is 0 Å². The highest BCUT2D eigenvalue weighted by Crippen LogP contribution is 2.35. The molecule has 1 aliphatic rings. The molecule has 3 N–H and O–H groups in total. The molecule has 2 aromatic carbocycles. The molecule has 1 fully saturated rings. The monoisotopic (exact) mass is 408 g/mol. The third-order valence-electron chi connectivity index (χ3n) is 5.21. The topological polar surface area (TPSA) is 64.4 Å². The van der Waals surface area contributed by atoms with E-state index in [0.717, 1.165) is 29.1 Å². The van der Waals surface area contributed by atoms with E-state index in [-0.39, 0.29) is 23.7 Å². The van der Waals surface area contributed by atoms with Crippen molar-refractivity contribution in [1.82, 2.24) is 5.32 Å². The van der Waals surface area contributed by atoms with Gasteiger partial charge in [-0.3, -0.25) is 4.79 Å². The van der Waals surface area contributed by atoms with Crippen molar-refractivity contribution in [3.8, 4) is 0 Å². The lowest BCUT2D eigenvalue weighted by molar-refractivity contribution is -0.121.